The molecule has 172 valence electrons. The van der Waals surface area contributed by atoms with Crippen molar-refractivity contribution in [2.45, 2.75) is 36.6 Å². The predicted molar refractivity (Wildman–Crippen MR) is 130 cm³/mol. The number of para-hydroxylation sites is 1. The van der Waals surface area contributed by atoms with E-state index in [1.54, 1.807) is 13.2 Å². The Morgan fingerprint density at radius 3 is 2.76 bits per heavy atom. The van der Waals surface area contributed by atoms with Crippen LogP contribution in [0.1, 0.15) is 42.4 Å². The SMILES string of the molecule is CCCOc1c(OC)cccc1[C@H]1CC(=O)Nc2nc(SCc3ccccc3Cl)[nH]c(=O)c21. The number of rotatable bonds is 8. The highest BCUT2D eigenvalue weighted by Crippen LogP contribution is 2.42. The molecule has 0 fully saturated rings. The molecule has 2 heterocycles. The Morgan fingerprint density at radius 1 is 1.18 bits per heavy atom. The number of nitrogens with one attached hydrogen (secondary N) is 2. The third kappa shape index (κ3) is 5.02. The van der Waals surface area contributed by atoms with Crippen molar-refractivity contribution in [3.8, 4) is 11.5 Å². The van der Waals surface area contributed by atoms with Crippen LogP contribution in [0.3, 0.4) is 0 Å². The third-order valence-electron chi connectivity index (χ3n) is 5.31. The zero-order chi connectivity index (χ0) is 23.4. The lowest BCUT2D eigenvalue weighted by molar-refractivity contribution is -0.116. The summed E-state index contributed by atoms with van der Waals surface area (Å²) in [6, 6.07) is 13.0. The standard InChI is InChI=1S/C24H24ClN3O4S/c1-3-11-32-21-15(8-6-10-18(21)31-2)16-12-19(29)26-22-20(16)23(30)28-24(27-22)33-13-14-7-4-5-9-17(14)25/h4-10,16H,3,11-13H2,1-2H3,(H2,26,27,28,29,30)/t16-/m1/s1. The molecule has 3 aromatic rings. The van der Waals surface area contributed by atoms with Crippen LogP contribution in [-0.2, 0) is 10.5 Å². The molecule has 7 nitrogen and oxygen atoms in total. The number of hydrogen-bond acceptors (Lipinski definition) is 6. The number of hydrogen-bond donors (Lipinski definition) is 2. The maximum atomic E-state index is 13.2. The molecule has 1 aromatic heterocycles. The van der Waals surface area contributed by atoms with Crippen molar-refractivity contribution < 1.29 is 14.3 Å². The number of aromatic nitrogens is 2. The molecular weight excluding hydrogens is 462 g/mol. The van der Waals surface area contributed by atoms with E-state index >= 15 is 0 Å². The van der Waals surface area contributed by atoms with Crippen LogP contribution in [0, 0.1) is 0 Å². The number of aromatic amines is 1. The van der Waals surface area contributed by atoms with Crippen molar-refractivity contribution in [2.75, 3.05) is 19.0 Å². The molecule has 2 aromatic carbocycles. The van der Waals surface area contributed by atoms with E-state index in [9.17, 15) is 9.59 Å². The summed E-state index contributed by atoms with van der Waals surface area (Å²) in [5.74, 6) is 1.19. The van der Waals surface area contributed by atoms with Gasteiger partial charge in [0.15, 0.2) is 16.7 Å². The number of thioether (sulfide) groups is 1. The molecule has 1 atom stereocenters. The fourth-order valence-corrected chi connectivity index (χ4v) is 4.92. The predicted octanol–water partition coefficient (Wildman–Crippen LogP) is 4.99. The maximum Gasteiger partial charge on any atom is 0.257 e. The van der Waals surface area contributed by atoms with Crippen LogP contribution in [0.25, 0.3) is 0 Å². The van der Waals surface area contributed by atoms with E-state index in [2.05, 4.69) is 15.3 Å². The van der Waals surface area contributed by atoms with E-state index in [4.69, 9.17) is 21.1 Å². The number of H-pyrrole nitrogens is 1. The Morgan fingerprint density at radius 2 is 2.00 bits per heavy atom. The zero-order valence-electron chi connectivity index (χ0n) is 18.3. The Kier molecular flexibility index (Phi) is 7.25. The molecule has 1 aliphatic rings. The number of carbonyl (C=O) groups is 1. The van der Waals surface area contributed by atoms with E-state index in [-0.39, 0.29) is 23.7 Å². The van der Waals surface area contributed by atoms with Crippen LogP contribution in [0.4, 0.5) is 5.82 Å². The average Bonchev–Trinajstić information content (AvgIpc) is 2.81. The fourth-order valence-electron chi connectivity index (χ4n) is 3.77. The second-order valence-electron chi connectivity index (χ2n) is 7.55. The summed E-state index contributed by atoms with van der Waals surface area (Å²) in [6.45, 7) is 2.50. The van der Waals surface area contributed by atoms with Crippen LogP contribution < -0.4 is 20.3 Å². The molecule has 0 saturated carbocycles. The van der Waals surface area contributed by atoms with Gasteiger partial charge in [-0.2, -0.15) is 0 Å². The monoisotopic (exact) mass is 485 g/mol. The van der Waals surface area contributed by atoms with Crippen molar-refractivity contribution in [3.05, 3.63) is 74.5 Å². The first kappa shape index (κ1) is 23.2. The normalized spacial score (nSPS) is 15.0. The minimum absolute atomic E-state index is 0.111. The van der Waals surface area contributed by atoms with Gasteiger partial charge >= 0.3 is 0 Å². The molecule has 1 amide bonds. The molecule has 1 aliphatic heterocycles. The number of carbonyl (C=O) groups excluding carboxylic acids is 1. The smallest absolute Gasteiger partial charge is 0.257 e. The van der Waals surface area contributed by atoms with Gasteiger partial charge in [0.2, 0.25) is 5.91 Å². The van der Waals surface area contributed by atoms with Gasteiger partial charge in [-0.25, -0.2) is 4.98 Å². The lowest BCUT2D eigenvalue weighted by atomic mass is 9.86. The van der Waals surface area contributed by atoms with Crippen LogP contribution in [0.15, 0.2) is 52.4 Å². The van der Waals surface area contributed by atoms with Gasteiger partial charge in [0.1, 0.15) is 5.82 Å². The number of fused-ring (bicyclic) bond motifs is 1. The highest BCUT2D eigenvalue weighted by molar-refractivity contribution is 7.98. The Bertz CT molecular complexity index is 1230. The summed E-state index contributed by atoms with van der Waals surface area (Å²) in [4.78, 5) is 33.2. The molecule has 2 N–H and O–H groups in total. The number of anilines is 1. The van der Waals surface area contributed by atoms with Crippen molar-refractivity contribution in [1.82, 2.24) is 9.97 Å². The highest BCUT2D eigenvalue weighted by Gasteiger charge is 2.33. The molecule has 0 bridgehead atoms. The summed E-state index contributed by atoms with van der Waals surface area (Å²) in [5, 5.41) is 3.82. The molecule has 4 rings (SSSR count). The quantitative estimate of drug-likeness (QED) is 0.345. The van der Waals surface area contributed by atoms with E-state index in [1.165, 1.54) is 11.8 Å². The molecule has 0 aliphatic carbocycles. The highest BCUT2D eigenvalue weighted by atomic mass is 35.5. The summed E-state index contributed by atoms with van der Waals surface area (Å²) < 4.78 is 11.4. The first-order valence-corrected chi connectivity index (χ1v) is 12.0. The third-order valence-corrected chi connectivity index (χ3v) is 6.60. The molecule has 0 saturated heterocycles. The van der Waals surface area contributed by atoms with E-state index in [0.717, 1.165) is 17.5 Å². The average molecular weight is 486 g/mol. The summed E-state index contributed by atoms with van der Waals surface area (Å²) in [5.41, 5.74) is 1.77. The lowest BCUT2D eigenvalue weighted by Crippen LogP contribution is -2.31. The Balaban J connectivity index is 1.71. The Hall–Kier alpha value is -2.97. The van der Waals surface area contributed by atoms with Crippen molar-refractivity contribution in [2.24, 2.45) is 0 Å². The molecular formula is C24H24ClN3O4S. The second kappa shape index (κ2) is 10.3. The summed E-state index contributed by atoms with van der Waals surface area (Å²) in [6.07, 6.45) is 0.924. The number of methoxy groups -OCH3 is 1. The van der Waals surface area contributed by atoms with Gasteiger partial charge in [0.25, 0.3) is 5.56 Å². The van der Waals surface area contributed by atoms with Gasteiger partial charge in [-0.3, -0.25) is 9.59 Å². The van der Waals surface area contributed by atoms with E-state index in [1.807, 2.05) is 43.3 Å². The van der Waals surface area contributed by atoms with Gasteiger partial charge in [0, 0.05) is 28.7 Å². The van der Waals surface area contributed by atoms with Crippen LogP contribution >= 0.6 is 23.4 Å². The van der Waals surface area contributed by atoms with Crippen molar-refractivity contribution >= 4 is 35.1 Å². The summed E-state index contributed by atoms with van der Waals surface area (Å²) in [7, 11) is 1.57. The largest absolute Gasteiger partial charge is 0.493 e. The van der Waals surface area contributed by atoms with Crippen molar-refractivity contribution in [1.29, 1.82) is 0 Å². The van der Waals surface area contributed by atoms with E-state index in [0.29, 0.717) is 39.6 Å². The van der Waals surface area contributed by atoms with Crippen molar-refractivity contribution in [3.63, 3.8) is 0 Å². The number of halogens is 1. The van der Waals surface area contributed by atoms with Crippen LogP contribution in [0.2, 0.25) is 5.02 Å². The second-order valence-corrected chi connectivity index (χ2v) is 8.92. The van der Waals surface area contributed by atoms with Gasteiger partial charge in [-0.1, -0.05) is 60.6 Å². The fraction of sp³-hybridized carbons (Fsp3) is 0.292. The molecule has 9 heteroatoms. The molecule has 33 heavy (non-hydrogen) atoms. The van der Waals surface area contributed by atoms with Gasteiger partial charge in [-0.05, 0) is 24.1 Å². The van der Waals surface area contributed by atoms with Gasteiger partial charge in [0.05, 0.1) is 19.3 Å². The van der Waals surface area contributed by atoms with Crippen LogP contribution in [0.5, 0.6) is 11.5 Å². The number of ether oxygens (including phenoxy) is 2. The number of amides is 1. The van der Waals surface area contributed by atoms with Crippen LogP contribution in [-0.4, -0.2) is 29.6 Å². The number of nitrogens with zero attached hydrogens (tertiary/aromatic N) is 1. The number of benzene rings is 2. The van der Waals surface area contributed by atoms with Gasteiger partial charge in [-0.15, -0.1) is 0 Å². The lowest BCUT2D eigenvalue weighted by Gasteiger charge is -2.26. The molecule has 0 unspecified atom stereocenters. The zero-order valence-corrected chi connectivity index (χ0v) is 19.9. The summed E-state index contributed by atoms with van der Waals surface area (Å²) >= 11 is 7.58. The molecule has 0 radical (unpaired) electrons. The maximum absolute atomic E-state index is 13.2. The van der Waals surface area contributed by atoms with E-state index < -0.39 is 5.92 Å². The first-order chi connectivity index (χ1) is 16.0. The first-order valence-electron chi connectivity index (χ1n) is 10.6. The van der Waals surface area contributed by atoms with Gasteiger partial charge < -0.3 is 19.8 Å². The topological polar surface area (TPSA) is 93.3 Å². The minimum Gasteiger partial charge on any atom is -0.493 e. The molecule has 0 spiro atoms. The minimum atomic E-state index is -0.505. The Labute approximate surface area is 200 Å².